The minimum atomic E-state index is 0.639. The van der Waals surface area contributed by atoms with E-state index in [1.165, 1.54) is 0 Å². The Morgan fingerprint density at radius 3 is 2.56 bits per heavy atom. The molecule has 2 aliphatic heterocycles. The van der Waals surface area contributed by atoms with E-state index in [-0.39, 0.29) is 0 Å². The molecule has 1 saturated heterocycles. The topological polar surface area (TPSA) is 78.8 Å². The summed E-state index contributed by atoms with van der Waals surface area (Å²) in [7, 11) is 4.33. The van der Waals surface area contributed by atoms with Crippen molar-refractivity contribution < 1.29 is 0 Å². The first kappa shape index (κ1) is 20.6. The molecule has 170 valence electrons. The number of pyridine rings is 1. The monoisotopic (exact) mass is 450 g/mol. The standard InChI is InChI=1S/C26H26N8/c1-31(2)21-9-11-32(12-10-21)25-8-7-23-22(29-25)16-33-15-20(19-5-3-18(14-27)4-6-19)13-24(33)26-30-28-17-34(23)26/h3-8,13,15,17,21H,9-12,16H2,1-2H3. The molecule has 0 spiro atoms. The normalized spacial score (nSPS) is 15.4. The molecule has 1 fully saturated rings. The lowest BCUT2D eigenvalue weighted by molar-refractivity contribution is 0.249. The number of nitriles is 1. The first-order valence-electron chi connectivity index (χ1n) is 11.6. The van der Waals surface area contributed by atoms with Crippen LogP contribution < -0.4 is 4.90 Å². The van der Waals surface area contributed by atoms with Gasteiger partial charge >= 0.3 is 0 Å². The van der Waals surface area contributed by atoms with Gasteiger partial charge in [-0.25, -0.2) is 4.98 Å². The van der Waals surface area contributed by atoms with Crippen LogP contribution >= 0.6 is 0 Å². The van der Waals surface area contributed by atoms with E-state index >= 15 is 0 Å². The number of nitrogens with zero attached hydrogens (tertiary/aromatic N) is 8. The summed E-state index contributed by atoms with van der Waals surface area (Å²) in [4.78, 5) is 9.86. The largest absolute Gasteiger partial charge is 0.356 e. The van der Waals surface area contributed by atoms with Crippen molar-refractivity contribution in [1.82, 2.24) is 29.2 Å². The Morgan fingerprint density at radius 2 is 1.82 bits per heavy atom. The zero-order valence-corrected chi connectivity index (χ0v) is 19.4. The van der Waals surface area contributed by atoms with Crippen LogP contribution in [0.4, 0.5) is 5.82 Å². The third-order valence-electron chi connectivity index (χ3n) is 7.05. The molecular weight excluding hydrogens is 424 g/mol. The van der Waals surface area contributed by atoms with E-state index < -0.39 is 0 Å². The summed E-state index contributed by atoms with van der Waals surface area (Å²) in [5, 5.41) is 17.8. The minimum absolute atomic E-state index is 0.639. The summed E-state index contributed by atoms with van der Waals surface area (Å²) in [6, 6.07) is 16.9. The Bertz CT molecular complexity index is 1380. The van der Waals surface area contributed by atoms with Gasteiger partial charge in [0.2, 0.25) is 0 Å². The third-order valence-corrected chi connectivity index (χ3v) is 7.05. The van der Waals surface area contributed by atoms with Crippen LogP contribution in [0.2, 0.25) is 0 Å². The minimum Gasteiger partial charge on any atom is -0.356 e. The summed E-state index contributed by atoms with van der Waals surface area (Å²) >= 11 is 0. The highest BCUT2D eigenvalue weighted by Crippen LogP contribution is 2.34. The number of rotatable bonds is 3. The average molecular weight is 451 g/mol. The van der Waals surface area contributed by atoms with Crippen molar-refractivity contribution >= 4 is 5.82 Å². The van der Waals surface area contributed by atoms with Crippen molar-refractivity contribution in [2.24, 2.45) is 0 Å². The SMILES string of the molecule is CN(C)C1CCN(c2ccc3c(n2)Cn2cc(-c4ccc(C#N)cc4)cc2-c2nncn2-3)CC1. The van der Waals surface area contributed by atoms with E-state index in [1.807, 2.05) is 28.8 Å². The van der Waals surface area contributed by atoms with Crippen LogP contribution in [-0.2, 0) is 6.54 Å². The molecule has 3 aromatic heterocycles. The van der Waals surface area contributed by atoms with Gasteiger partial charge in [0.25, 0.3) is 0 Å². The maximum absolute atomic E-state index is 9.11. The maximum atomic E-state index is 9.11. The quantitative estimate of drug-likeness (QED) is 0.418. The van der Waals surface area contributed by atoms with Crippen molar-refractivity contribution in [2.75, 3.05) is 32.1 Å². The second kappa shape index (κ2) is 8.12. The molecule has 4 aromatic rings. The summed E-state index contributed by atoms with van der Waals surface area (Å²) in [6.07, 6.45) is 6.21. The fourth-order valence-electron chi connectivity index (χ4n) is 5.08. The van der Waals surface area contributed by atoms with Gasteiger partial charge in [0, 0.05) is 30.9 Å². The molecule has 0 unspecified atom stereocenters. The zero-order chi connectivity index (χ0) is 23.2. The third kappa shape index (κ3) is 3.45. The fourth-order valence-corrected chi connectivity index (χ4v) is 5.08. The van der Waals surface area contributed by atoms with Crippen molar-refractivity contribution in [3.8, 4) is 34.4 Å². The zero-order valence-electron chi connectivity index (χ0n) is 19.4. The Kier molecular flexibility index (Phi) is 4.93. The lowest BCUT2D eigenvalue weighted by atomic mass is 10.0. The van der Waals surface area contributed by atoms with Gasteiger partial charge in [-0.05, 0) is 62.8 Å². The van der Waals surface area contributed by atoms with Gasteiger partial charge in [0.05, 0.1) is 35.3 Å². The lowest BCUT2D eigenvalue weighted by Crippen LogP contribution is -2.42. The van der Waals surface area contributed by atoms with Crippen molar-refractivity contribution in [2.45, 2.75) is 25.4 Å². The number of hydrogen-bond acceptors (Lipinski definition) is 6. The van der Waals surface area contributed by atoms with Crippen molar-refractivity contribution in [3.63, 3.8) is 0 Å². The molecule has 0 aliphatic carbocycles. The van der Waals surface area contributed by atoms with Crippen LogP contribution in [0, 0.1) is 11.3 Å². The van der Waals surface area contributed by atoms with Gasteiger partial charge < -0.3 is 14.4 Å². The average Bonchev–Trinajstić information content (AvgIpc) is 3.49. The second-order valence-electron chi connectivity index (χ2n) is 9.27. The van der Waals surface area contributed by atoms with Gasteiger partial charge in [0.1, 0.15) is 12.1 Å². The molecule has 8 nitrogen and oxygen atoms in total. The van der Waals surface area contributed by atoms with Crippen LogP contribution in [0.3, 0.4) is 0 Å². The van der Waals surface area contributed by atoms with Crippen molar-refractivity contribution in [1.29, 1.82) is 5.26 Å². The van der Waals surface area contributed by atoms with Gasteiger partial charge in [0.15, 0.2) is 5.82 Å². The summed E-state index contributed by atoms with van der Waals surface area (Å²) in [6.45, 7) is 2.69. The Hall–Kier alpha value is -3.96. The van der Waals surface area contributed by atoms with E-state index in [0.29, 0.717) is 18.2 Å². The molecule has 0 saturated carbocycles. The van der Waals surface area contributed by atoms with Crippen LogP contribution in [0.5, 0.6) is 0 Å². The van der Waals surface area contributed by atoms with Crippen LogP contribution in [0.15, 0.2) is 55.0 Å². The molecule has 1 aromatic carbocycles. The van der Waals surface area contributed by atoms with Crippen LogP contribution in [0.1, 0.15) is 24.1 Å². The van der Waals surface area contributed by atoms with Crippen molar-refractivity contribution in [3.05, 3.63) is 66.2 Å². The summed E-state index contributed by atoms with van der Waals surface area (Å²) < 4.78 is 4.24. The molecule has 0 bridgehead atoms. The molecule has 0 atom stereocenters. The van der Waals surface area contributed by atoms with E-state index in [2.05, 4.69) is 69.1 Å². The lowest BCUT2D eigenvalue weighted by Gasteiger charge is -2.36. The smallest absolute Gasteiger partial charge is 0.185 e. The maximum Gasteiger partial charge on any atom is 0.185 e. The highest BCUT2D eigenvalue weighted by atomic mass is 15.3. The molecule has 8 heteroatoms. The number of anilines is 1. The van der Waals surface area contributed by atoms with E-state index in [1.54, 1.807) is 6.33 Å². The molecule has 5 heterocycles. The first-order valence-corrected chi connectivity index (χ1v) is 11.6. The highest BCUT2D eigenvalue weighted by molar-refractivity contribution is 5.71. The van der Waals surface area contributed by atoms with Gasteiger partial charge in [-0.2, -0.15) is 5.26 Å². The number of benzene rings is 1. The summed E-state index contributed by atoms with van der Waals surface area (Å²) in [5.41, 5.74) is 5.84. The van der Waals surface area contributed by atoms with E-state index in [0.717, 1.165) is 65.8 Å². The van der Waals surface area contributed by atoms with E-state index in [4.69, 9.17) is 10.2 Å². The predicted octanol–water partition coefficient (Wildman–Crippen LogP) is 3.56. The van der Waals surface area contributed by atoms with Crippen LogP contribution in [0.25, 0.3) is 28.3 Å². The second-order valence-corrected chi connectivity index (χ2v) is 9.27. The predicted molar refractivity (Wildman–Crippen MR) is 131 cm³/mol. The van der Waals surface area contributed by atoms with Gasteiger partial charge in [-0.3, -0.25) is 4.57 Å². The number of piperidine rings is 1. The molecule has 0 amide bonds. The molecular formula is C26H26N8. The highest BCUT2D eigenvalue weighted by Gasteiger charge is 2.25. The number of aromatic nitrogens is 5. The number of hydrogen-bond donors (Lipinski definition) is 0. The molecule has 2 aliphatic rings. The molecule has 0 N–H and O–H groups in total. The first-order chi connectivity index (χ1) is 16.6. The van der Waals surface area contributed by atoms with Gasteiger partial charge in [-0.1, -0.05) is 12.1 Å². The molecule has 0 radical (unpaired) electrons. The Morgan fingerprint density at radius 1 is 1.03 bits per heavy atom. The fraction of sp³-hybridized carbons (Fsp3) is 0.308. The van der Waals surface area contributed by atoms with Crippen LogP contribution in [-0.4, -0.2) is 62.4 Å². The molecule has 34 heavy (non-hydrogen) atoms. The Labute approximate surface area is 198 Å². The Balaban J connectivity index is 1.36. The molecule has 6 rings (SSSR count). The van der Waals surface area contributed by atoms with Gasteiger partial charge in [-0.15, -0.1) is 10.2 Å². The number of fused-ring (bicyclic) bond motifs is 5. The summed E-state index contributed by atoms with van der Waals surface area (Å²) in [5.74, 6) is 1.84. The van der Waals surface area contributed by atoms with E-state index in [9.17, 15) is 0 Å².